The first-order valence-electron chi connectivity index (χ1n) is 10.5. The van der Waals surface area contributed by atoms with Gasteiger partial charge in [0.15, 0.2) is 0 Å². The van der Waals surface area contributed by atoms with Crippen molar-refractivity contribution in [2.24, 2.45) is 0 Å². The molecule has 4 amide bonds. The molecule has 1 aromatic heterocycles. The molecule has 6 nitrogen and oxygen atoms in total. The van der Waals surface area contributed by atoms with E-state index in [1.165, 1.54) is 0 Å². The number of benzene rings is 2. The lowest BCUT2D eigenvalue weighted by Gasteiger charge is -2.27. The van der Waals surface area contributed by atoms with E-state index < -0.39 is 17.8 Å². The molecule has 0 aliphatic carbocycles. The number of hydrogen-bond donors (Lipinski definition) is 1. The van der Waals surface area contributed by atoms with Crippen LogP contribution in [0.2, 0.25) is 5.02 Å². The first-order chi connectivity index (χ1) is 15.6. The molecule has 0 atom stereocenters. The quantitative estimate of drug-likeness (QED) is 0.422. The van der Waals surface area contributed by atoms with E-state index in [-0.39, 0.29) is 5.57 Å². The number of carbonyl (C=O) groups is 3. The van der Waals surface area contributed by atoms with E-state index >= 15 is 0 Å². The van der Waals surface area contributed by atoms with E-state index in [2.05, 4.69) is 9.88 Å². The fourth-order valence-electron chi connectivity index (χ4n) is 4.31. The van der Waals surface area contributed by atoms with Crippen LogP contribution in [0.4, 0.5) is 10.5 Å². The van der Waals surface area contributed by atoms with Crippen LogP contribution in [-0.2, 0) is 9.59 Å². The summed E-state index contributed by atoms with van der Waals surface area (Å²) in [6.45, 7) is 9.74. The van der Waals surface area contributed by atoms with Crippen LogP contribution in [0.5, 0.6) is 0 Å². The molecule has 2 heterocycles. The number of nitrogens with zero attached hydrogens (tertiary/aromatic N) is 2. The van der Waals surface area contributed by atoms with Crippen molar-refractivity contribution in [1.82, 2.24) is 9.88 Å². The Labute approximate surface area is 197 Å². The SMILES string of the molecule is Cc1cccc(C)c1-n1c(C)cc(/C=C2\C(=O)NC(=O)N(c3cccc(Cl)c3C)C2=O)c1C. The minimum absolute atomic E-state index is 0.115. The van der Waals surface area contributed by atoms with Crippen molar-refractivity contribution < 1.29 is 14.4 Å². The fourth-order valence-corrected chi connectivity index (χ4v) is 4.48. The number of nitrogens with one attached hydrogen (secondary N) is 1. The van der Waals surface area contributed by atoms with Gasteiger partial charge in [0.05, 0.1) is 11.4 Å². The Morgan fingerprint density at radius 3 is 2.21 bits per heavy atom. The highest BCUT2D eigenvalue weighted by molar-refractivity contribution is 6.40. The third-order valence-corrected chi connectivity index (χ3v) is 6.42. The summed E-state index contributed by atoms with van der Waals surface area (Å²) in [5.74, 6) is -1.41. The number of halogens is 1. The maximum absolute atomic E-state index is 13.3. The Morgan fingerprint density at radius 2 is 1.55 bits per heavy atom. The van der Waals surface area contributed by atoms with E-state index in [1.54, 1.807) is 31.2 Å². The van der Waals surface area contributed by atoms with Gasteiger partial charge in [-0.05, 0) is 81.1 Å². The van der Waals surface area contributed by atoms with Crippen LogP contribution in [0, 0.1) is 34.6 Å². The van der Waals surface area contributed by atoms with Crippen LogP contribution < -0.4 is 10.2 Å². The number of urea groups is 1. The zero-order chi connectivity index (χ0) is 24.0. The van der Waals surface area contributed by atoms with E-state index in [0.717, 1.165) is 38.7 Å². The van der Waals surface area contributed by atoms with Gasteiger partial charge in [0, 0.05) is 16.4 Å². The zero-order valence-electron chi connectivity index (χ0n) is 19.1. The average Bonchev–Trinajstić information content (AvgIpc) is 3.01. The lowest BCUT2D eigenvalue weighted by atomic mass is 10.1. The number of aryl methyl sites for hydroxylation is 3. The van der Waals surface area contributed by atoms with Gasteiger partial charge >= 0.3 is 6.03 Å². The summed E-state index contributed by atoms with van der Waals surface area (Å²) in [6.07, 6.45) is 1.55. The van der Waals surface area contributed by atoms with Crippen LogP contribution in [0.1, 0.15) is 33.6 Å². The Hall–Kier alpha value is -3.64. The van der Waals surface area contributed by atoms with Crippen LogP contribution >= 0.6 is 11.6 Å². The van der Waals surface area contributed by atoms with Gasteiger partial charge in [-0.25, -0.2) is 9.69 Å². The number of anilines is 1. The van der Waals surface area contributed by atoms with Gasteiger partial charge in [-0.2, -0.15) is 0 Å². The second-order valence-corrected chi connectivity index (χ2v) is 8.65. The minimum atomic E-state index is -0.798. The zero-order valence-corrected chi connectivity index (χ0v) is 19.9. The van der Waals surface area contributed by atoms with Gasteiger partial charge in [-0.3, -0.25) is 14.9 Å². The summed E-state index contributed by atoms with van der Waals surface area (Å²) < 4.78 is 2.12. The maximum Gasteiger partial charge on any atom is 0.335 e. The second-order valence-electron chi connectivity index (χ2n) is 8.24. The lowest BCUT2D eigenvalue weighted by molar-refractivity contribution is -0.122. The highest BCUT2D eigenvalue weighted by Crippen LogP contribution is 2.31. The molecule has 7 heteroatoms. The third kappa shape index (κ3) is 3.76. The van der Waals surface area contributed by atoms with Crippen molar-refractivity contribution in [3.8, 4) is 5.69 Å². The van der Waals surface area contributed by atoms with Gasteiger partial charge in [0.25, 0.3) is 11.8 Å². The molecule has 168 valence electrons. The molecule has 4 rings (SSSR count). The largest absolute Gasteiger partial charge is 0.335 e. The number of hydrogen-bond acceptors (Lipinski definition) is 3. The molecule has 0 radical (unpaired) electrons. The van der Waals surface area contributed by atoms with E-state index in [1.807, 2.05) is 52.0 Å². The Morgan fingerprint density at radius 1 is 0.909 bits per heavy atom. The summed E-state index contributed by atoms with van der Waals surface area (Å²) in [5.41, 5.74) is 6.70. The van der Waals surface area contributed by atoms with Gasteiger partial charge in [0.2, 0.25) is 0 Å². The number of amides is 4. The van der Waals surface area contributed by atoms with E-state index in [0.29, 0.717) is 16.3 Å². The lowest BCUT2D eigenvalue weighted by Crippen LogP contribution is -2.54. The molecule has 0 saturated carbocycles. The van der Waals surface area contributed by atoms with Crippen molar-refractivity contribution in [2.75, 3.05) is 4.90 Å². The molecule has 33 heavy (non-hydrogen) atoms. The summed E-state index contributed by atoms with van der Waals surface area (Å²) in [4.78, 5) is 39.5. The predicted octanol–water partition coefficient (Wildman–Crippen LogP) is 5.34. The summed E-state index contributed by atoms with van der Waals surface area (Å²) in [6, 6.07) is 12.2. The van der Waals surface area contributed by atoms with Gasteiger partial charge < -0.3 is 4.57 Å². The molecule has 1 fully saturated rings. The number of barbiturate groups is 1. The number of para-hydroxylation sites is 1. The Kier molecular flexibility index (Phi) is 5.72. The molecule has 1 aliphatic rings. The third-order valence-electron chi connectivity index (χ3n) is 6.01. The maximum atomic E-state index is 13.3. The number of aromatic nitrogens is 1. The molecule has 1 N–H and O–H groups in total. The van der Waals surface area contributed by atoms with Gasteiger partial charge in [-0.1, -0.05) is 35.9 Å². The van der Waals surface area contributed by atoms with Crippen LogP contribution in [0.15, 0.2) is 48.0 Å². The van der Waals surface area contributed by atoms with Crippen molar-refractivity contribution >= 4 is 41.2 Å². The molecule has 1 saturated heterocycles. The first-order valence-corrected chi connectivity index (χ1v) is 10.9. The molecule has 0 bridgehead atoms. The normalized spacial score (nSPS) is 15.4. The predicted molar refractivity (Wildman–Crippen MR) is 130 cm³/mol. The summed E-state index contributed by atoms with van der Waals surface area (Å²) in [5, 5.41) is 2.70. The van der Waals surface area contributed by atoms with E-state index in [4.69, 9.17) is 11.6 Å². The Bertz CT molecular complexity index is 1350. The highest BCUT2D eigenvalue weighted by atomic mass is 35.5. The minimum Gasteiger partial charge on any atom is -0.317 e. The van der Waals surface area contributed by atoms with Crippen LogP contribution in [-0.4, -0.2) is 22.4 Å². The molecular weight excluding hydrogens is 438 g/mol. The standard InChI is InChI=1S/C26H24ClN3O3/c1-14-8-6-9-15(2)23(14)29-16(3)12-19(18(29)5)13-20-24(31)28-26(33)30(25(20)32)22-11-7-10-21(27)17(22)4/h6-13H,1-5H3,(H,28,31,33)/b20-13+. The smallest absolute Gasteiger partial charge is 0.317 e. The molecule has 2 aromatic carbocycles. The first kappa shape index (κ1) is 22.6. The second kappa shape index (κ2) is 8.37. The van der Waals surface area contributed by atoms with Gasteiger partial charge in [0.1, 0.15) is 5.57 Å². The number of rotatable bonds is 3. The van der Waals surface area contributed by atoms with Crippen molar-refractivity contribution in [1.29, 1.82) is 0 Å². The summed E-state index contributed by atoms with van der Waals surface area (Å²) >= 11 is 6.19. The monoisotopic (exact) mass is 461 g/mol. The van der Waals surface area contributed by atoms with Crippen molar-refractivity contribution in [2.45, 2.75) is 34.6 Å². The molecule has 0 unspecified atom stereocenters. The fraction of sp³-hybridized carbons (Fsp3) is 0.192. The molecular formula is C26H24ClN3O3. The van der Waals surface area contributed by atoms with Crippen molar-refractivity contribution in [3.05, 3.63) is 86.7 Å². The summed E-state index contributed by atoms with van der Waals surface area (Å²) in [7, 11) is 0. The molecule has 3 aromatic rings. The number of carbonyl (C=O) groups excluding carboxylic acids is 3. The van der Waals surface area contributed by atoms with Crippen LogP contribution in [0.25, 0.3) is 11.8 Å². The van der Waals surface area contributed by atoms with Crippen LogP contribution in [0.3, 0.4) is 0 Å². The van der Waals surface area contributed by atoms with Gasteiger partial charge in [-0.15, -0.1) is 0 Å². The molecule has 1 aliphatic heterocycles. The molecule has 0 spiro atoms. The Balaban J connectivity index is 1.82. The average molecular weight is 462 g/mol. The van der Waals surface area contributed by atoms with Crippen molar-refractivity contribution in [3.63, 3.8) is 0 Å². The topological polar surface area (TPSA) is 71.4 Å². The number of imide groups is 2. The highest BCUT2D eigenvalue weighted by Gasteiger charge is 2.37. The van der Waals surface area contributed by atoms with E-state index in [9.17, 15) is 14.4 Å².